The molecule has 0 radical (unpaired) electrons. The van der Waals surface area contributed by atoms with Gasteiger partial charge in [0, 0.05) is 6.20 Å². The maximum atomic E-state index is 12.0. The van der Waals surface area contributed by atoms with Crippen molar-refractivity contribution in [3.05, 3.63) is 47.1 Å². The number of aromatic nitrogens is 4. The van der Waals surface area contributed by atoms with E-state index in [4.69, 9.17) is 4.74 Å². The van der Waals surface area contributed by atoms with E-state index in [1.165, 1.54) is 6.33 Å². The lowest BCUT2D eigenvalue weighted by Gasteiger charge is -2.04. The maximum Gasteiger partial charge on any atom is 0.259 e. The first-order valence-corrected chi connectivity index (χ1v) is 5.62. The fourth-order valence-corrected chi connectivity index (χ4v) is 1.80. The van der Waals surface area contributed by atoms with Gasteiger partial charge in [0.2, 0.25) is 0 Å². The molecule has 1 N–H and O–H groups in total. The molecule has 2 aromatic heterocycles. The topological polar surface area (TPSA) is 80.8 Å². The Morgan fingerprint density at radius 3 is 2.89 bits per heavy atom. The van der Waals surface area contributed by atoms with E-state index in [2.05, 4.69) is 19.9 Å². The van der Waals surface area contributed by atoms with Crippen LogP contribution in [-0.4, -0.2) is 27.0 Å². The van der Waals surface area contributed by atoms with Crippen molar-refractivity contribution in [1.82, 2.24) is 19.9 Å². The zero-order valence-electron chi connectivity index (χ0n) is 10.1. The quantitative estimate of drug-likeness (QED) is 0.747. The zero-order valence-corrected chi connectivity index (χ0v) is 10.1. The first-order chi connectivity index (χ1) is 9.28. The van der Waals surface area contributed by atoms with Crippen molar-refractivity contribution in [3.63, 3.8) is 0 Å². The number of H-pyrrole nitrogens is 1. The maximum absolute atomic E-state index is 12.0. The van der Waals surface area contributed by atoms with E-state index in [1.54, 1.807) is 37.6 Å². The number of nitrogens with one attached hydrogen (secondary N) is 1. The predicted molar refractivity (Wildman–Crippen MR) is 69.9 cm³/mol. The average Bonchev–Trinajstić information content (AvgIpc) is 2.48. The number of ether oxygens (including phenoxy) is 1. The Kier molecular flexibility index (Phi) is 2.68. The van der Waals surface area contributed by atoms with Crippen LogP contribution < -0.4 is 10.3 Å². The van der Waals surface area contributed by atoms with Crippen LogP contribution in [0, 0.1) is 0 Å². The molecule has 0 amide bonds. The molecular weight excluding hydrogens is 244 g/mol. The van der Waals surface area contributed by atoms with Crippen molar-refractivity contribution in [2.75, 3.05) is 7.11 Å². The molecule has 0 saturated heterocycles. The molecule has 2 heterocycles. The Labute approximate surface area is 108 Å². The van der Waals surface area contributed by atoms with Gasteiger partial charge in [-0.15, -0.1) is 0 Å². The van der Waals surface area contributed by atoms with Crippen molar-refractivity contribution in [2.24, 2.45) is 0 Å². The van der Waals surface area contributed by atoms with Crippen molar-refractivity contribution < 1.29 is 4.74 Å². The van der Waals surface area contributed by atoms with Crippen LogP contribution in [0.2, 0.25) is 0 Å². The van der Waals surface area contributed by atoms with E-state index >= 15 is 0 Å². The second-order valence-corrected chi connectivity index (χ2v) is 3.89. The summed E-state index contributed by atoms with van der Waals surface area (Å²) in [5.74, 6) is 1.04. The van der Waals surface area contributed by atoms with Crippen LogP contribution >= 0.6 is 0 Å². The summed E-state index contributed by atoms with van der Waals surface area (Å²) in [7, 11) is 1.55. The average molecular weight is 254 g/mol. The monoisotopic (exact) mass is 254 g/mol. The Hall–Kier alpha value is -2.76. The smallest absolute Gasteiger partial charge is 0.259 e. The molecule has 0 fully saturated rings. The molecule has 6 nitrogen and oxygen atoms in total. The van der Waals surface area contributed by atoms with E-state index < -0.39 is 0 Å². The molecule has 0 aliphatic heterocycles. The van der Waals surface area contributed by atoms with E-state index in [-0.39, 0.29) is 5.56 Å². The van der Waals surface area contributed by atoms with Crippen LogP contribution in [0.3, 0.4) is 0 Å². The Morgan fingerprint density at radius 2 is 2.16 bits per heavy atom. The molecule has 0 bridgehead atoms. The lowest BCUT2D eigenvalue weighted by molar-refractivity contribution is 0.415. The Bertz CT molecular complexity index is 784. The number of nitrogens with zero attached hydrogens (tertiary/aromatic N) is 3. The molecule has 0 unspecified atom stereocenters. The molecule has 0 aliphatic rings. The number of benzene rings is 1. The largest absolute Gasteiger partial charge is 0.497 e. The first kappa shape index (κ1) is 11.3. The second kappa shape index (κ2) is 4.49. The zero-order chi connectivity index (χ0) is 13.2. The molecule has 3 aromatic rings. The summed E-state index contributed by atoms with van der Waals surface area (Å²) in [5, 5.41) is 0.483. The lowest BCUT2D eigenvalue weighted by Crippen LogP contribution is -2.10. The molecular formula is C13H10N4O2. The summed E-state index contributed by atoms with van der Waals surface area (Å²) in [6.07, 6.45) is 3.01. The van der Waals surface area contributed by atoms with Gasteiger partial charge in [-0.3, -0.25) is 4.79 Å². The molecule has 0 saturated carbocycles. The SMILES string of the molecule is COc1ccc2nc(-c3ccncn3)[nH]c(=O)c2c1. The molecule has 6 heteroatoms. The minimum Gasteiger partial charge on any atom is -0.497 e. The second-order valence-electron chi connectivity index (χ2n) is 3.89. The highest BCUT2D eigenvalue weighted by atomic mass is 16.5. The molecule has 94 valence electrons. The standard InChI is InChI=1S/C13H10N4O2/c1-19-8-2-3-10-9(6-8)13(18)17-12(16-10)11-4-5-14-7-15-11/h2-7H,1H3,(H,16,17,18). The molecule has 0 spiro atoms. The number of hydrogen-bond donors (Lipinski definition) is 1. The summed E-state index contributed by atoms with van der Waals surface area (Å²) in [5.41, 5.74) is 0.945. The fraction of sp³-hybridized carbons (Fsp3) is 0.0769. The van der Waals surface area contributed by atoms with Gasteiger partial charge in [0.1, 0.15) is 17.8 Å². The molecule has 1 aromatic carbocycles. The third kappa shape index (κ3) is 2.03. The summed E-state index contributed by atoms with van der Waals surface area (Å²) in [6, 6.07) is 6.85. The van der Waals surface area contributed by atoms with Crippen LogP contribution in [0.15, 0.2) is 41.6 Å². The Morgan fingerprint density at radius 1 is 1.26 bits per heavy atom. The summed E-state index contributed by atoms with van der Waals surface area (Å²) >= 11 is 0. The Balaban J connectivity index is 2.23. The first-order valence-electron chi connectivity index (χ1n) is 5.62. The van der Waals surface area contributed by atoms with Gasteiger partial charge < -0.3 is 9.72 Å². The molecule has 19 heavy (non-hydrogen) atoms. The highest BCUT2D eigenvalue weighted by Crippen LogP contribution is 2.18. The summed E-state index contributed by atoms with van der Waals surface area (Å²) in [4.78, 5) is 27.0. The van der Waals surface area contributed by atoms with Gasteiger partial charge in [-0.05, 0) is 24.3 Å². The van der Waals surface area contributed by atoms with Gasteiger partial charge in [0.25, 0.3) is 5.56 Å². The molecule has 0 aliphatic carbocycles. The van der Waals surface area contributed by atoms with Crippen molar-refractivity contribution >= 4 is 10.9 Å². The number of hydrogen-bond acceptors (Lipinski definition) is 5. The van der Waals surface area contributed by atoms with Gasteiger partial charge in [-0.2, -0.15) is 0 Å². The van der Waals surface area contributed by atoms with Crippen LogP contribution in [0.4, 0.5) is 0 Å². The molecule has 3 rings (SSSR count). The number of rotatable bonds is 2. The number of fused-ring (bicyclic) bond motifs is 1. The lowest BCUT2D eigenvalue weighted by atomic mass is 10.2. The highest BCUT2D eigenvalue weighted by molar-refractivity contribution is 5.80. The minimum atomic E-state index is -0.225. The van der Waals surface area contributed by atoms with Gasteiger partial charge in [0.05, 0.1) is 18.0 Å². The fourth-order valence-electron chi connectivity index (χ4n) is 1.80. The van der Waals surface area contributed by atoms with Gasteiger partial charge in [0.15, 0.2) is 5.82 Å². The van der Waals surface area contributed by atoms with E-state index in [0.717, 1.165) is 0 Å². The normalized spacial score (nSPS) is 10.6. The molecule has 0 atom stereocenters. The van der Waals surface area contributed by atoms with Gasteiger partial charge >= 0.3 is 0 Å². The summed E-state index contributed by atoms with van der Waals surface area (Å²) in [6.45, 7) is 0. The third-order valence-electron chi connectivity index (χ3n) is 2.74. The van der Waals surface area contributed by atoms with Crippen LogP contribution in [0.25, 0.3) is 22.4 Å². The van der Waals surface area contributed by atoms with Gasteiger partial charge in [-0.25, -0.2) is 15.0 Å². The number of methoxy groups -OCH3 is 1. The summed E-state index contributed by atoms with van der Waals surface area (Å²) < 4.78 is 5.09. The highest BCUT2D eigenvalue weighted by Gasteiger charge is 2.07. The van der Waals surface area contributed by atoms with E-state index in [9.17, 15) is 4.79 Å². The van der Waals surface area contributed by atoms with Crippen molar-refractivity contribution in [3.8, 4) is 17.3 Å². The van der Waals surface area contributed by atoms with Crippen molar-refractivity contribution in [2.45, 2.75) is 0 Å². The van der Waals surface area contributed by atoms with Crippen LogP contribution in [-0.2, 0) is 0 Å². The van der Waals surface area contributed by atoms with Gasteiger partial charge in [-0.1, -0.05) is 0 Å². The van der Waals surface area contributed by atoms with E-state index in [0.29, 0.717) is 28.2 Å². The van der Waals surface area contributed by atoms with Crippen molar-refractivity contribution in [1.29, 1.82) is 0 Å². The third-order valence-corrected chi connectivity index (χ3v) is 2.74. The van der Waals surface area contributed by atoms with E-state index in [1.807, 2.05) is 0 Å². The van der Waals surface area contributed by atoms with Crippen LogP contribution in [0.1, 0.15) is 0 Å². The van der Waals surface area contributed by atoms with Crippen LogP contribution in [0.5, 0.6) is 5.75 Å². The predicted octanol–water partition coefficient (Wildman–Crippen LogP) is 1.39. The number of aromatic amines is 1. The minimum absolute atomic E-state index is 0.225.